The molecule has 3 aromatic heterocycles. The van der Waals surface area contributed by atoms with E-state index in [4.69, 9.17) is 15.3 Å². The normalized spacial score (nSPS) is 11.4. The van der Waals surface area contributed by atoms with Gasteiger partial charge in [0.1, 0.15) is 0 Å². The SMILES string of the molecule is CC(=O)/C=C(/C)[O-].[Co+2].c1ccc(C(c2ccccc2)c2ccn([BH-](n3ccc(C(c4ccccc4)c4ccccc4)n3)n3ccc(C(c4ccccc4)c4ccccc4)n3)n2)cc1. The Labute approximate surface area is 379 Å². The summed E-state index contributed by atoms with van der Waals surface area (Å²) in [5, 5.41) is 26.1. The molecule has 3 heterocycles. The molecule has 0 aliphatic heterocycles. The third-order valence-electron chi connectivity index (χ3n) is 10.9. The summed E-state index contributed by atoms with van der Waals surface area (Å²) in [4.78, 5) is 9.98. The number of carbonyl (C=O) groups excluding carboxylic acids is 1. The van der Waals surface area contributed by atoms with Gasteiger partial charge in [0, 0.05) is 0 Å². The van der Waals surface area contributed by atoms with Crippen molar-refractivity contribution in [3.63, 3.8) is 0 Å². The van der Waals surface area contributed by atoms with Gasteiger partial charge in [0.2, 0.25) is 0 Å². The molecule has 0 N–H and O–H groups in total. The molecule has 0 aliphatic rings. The minimum absolute atomic E-state index is 0. The van der Waals surface area contributed by atoms with Crippen LogP contribution in [0.1, 0.15) is 82.1 Å². The number of benzene rings is 6. The number of nitrogens with zero attached hydrogens (tertiary/aromatic N) is 6. The van der Waals surface area contributed by atoms with E-state index in [9.17, 15) is 9.90 Å². The molecule has 63 heavy (non-hydrogen) atoms. The van der Waals surface area contributed by atoms with Crippen molar-refractivity contribution in [3.05, 3.63) is 281 Å². The van der Waals surface area contributed by atoms with Crippen LogP contribution in [0.2, 0.25) is 0 Å². The number of allylic oxidation sites excluding steroid dienone is 2. The van der Waals surface area contributed by atoms with E-state index >= 15 is 0 Å². The summed E-state index contributed by atoms with van der Waals surface area (Å²) in [6.45, 7) is 2.70. The zero-order chi connectivity index (χ0) is 42.7. The molecule has 0 unspecified atom stereocenters. The molecule has 0 saturated heterocycles. The molecule has 0 spiro atoms. The molecular formula is C53H47BCoN6O2. The summed E-state index contributed by atoms with van der Waals surface area (Å²) in [5.74, 6) is -0.483. The molecule has 9 rings (SSSR count). The standard InChI is InChI=1S/C48H40BN6.C5H8O2.Co/c1-7-19-37(20-8-1)46(38-21-9-2-10-22-38)43-31-34-53(50-43)49(54-35-32-44(51-54)47(39-23-11-3-12-24-39)40-25-13-4-14-26-40)55-36-33-45(52-55)48(41-27-15-5-16-28-41)42-29-17-6-18-30-42;1-4(6)3-5(2)7;/h1-36,46-49H;3,6H,1-2H3;/q-1;;+2/p-1/b;4-3-;. The fraction of sp³-hybridized carbons (Fsp3) is 0.0943. The van der Waals surface area contributed by atoms with Gasteiger partial charge in [0.25, 0.3) is 0 Å². The number of hydrogen-bond acceptors (Lipinski definition) is 5. The predicted octanol–water partition coefficient (Wildman–Crippen LogP) is 9.32. The maximum absolute atomic E-state index is 9.98. The van der Waals surface area contributed by atoms with Crippen molar-refractivity contribution < 1.29 is 26.7 Å². The summed E-state index contributed by atoms with van der Waals surface area (Å²) in [6.07, 6.45) is 7.33. The Morgan fingerprint density at radius 3 is 0.825 bits per heavy atom. The van der Waals surface area contributed by atoms with Crippen LogP contribution in [0.3, 0.4) is 0 Å². The van der Waals surface area contributed by atoms with E-state index in [0.29, 0.717) is 0 Å². The molecule has 0 saturated carbocycles. The third-order valence-corrected chi connectivity index (χ3v) is 10.9. The second-order valence-corrected chi connectivity index (χ2v) is 15.4. The van der Waals surface area contributed by atoms with Gasteiger partial charge in [-0.25, -0.2) is 15.3 Å². The molecule has 6 aromatic carbocycles. The van der Waals surface area contributed by atoms with E-state index in [2.05, 4.69) is 233 Å². The van der Waals surface area contributed by atoms with E-state index < -0.39 is 7.12 Å². The number of rotatable bonds is 13. The topological polar surface area (TPSA) is 93.6 Å². The van der Waals surface area contributed by atoms with E-state index in [1.165, 1.54) is 47.2 Å². The number of aromatic nitrogens is 6. The van der Waals surface area contributed by atoms with Gasteiger partial charge in [0.05, 0.1) is 34.8 Å². The molecular weight excluding hydrogens is 822 g/mol. The average Bonchev–Trinajstić information content (AvgIpc) is 4.10. The Balaban J connectivity index is 0.000000688. The number of ketones is 1. The Hall–Kier alpha value is -7.27. The molecule has 9 aromatic rings. The van der Waals surface area contributed by atoms with Crippen LogP contribution in [0.5, 0.6) is 0 Å². The molecule has 0 fully saturated rings. The first kappa shape index (κ1) is 43.8. The van der Waals surface area contributed by atoms with Crippen molar-refractivity contribution >= 4 is 12.9 Å². The second-order valence-electron chi connectivity index (χ2n) is 15.4. The fourth-order valence-electron chi connectivity index (χ4n) is 8.27. The van der Waals surface area contributed by atoms with Gasteiger partial charge in [-0.15, -0.1) is 5.76 Å². The van der Waals surface area contributed by atoms with Gasteiger partial charge in [-0.3, -0.25) is 4.79 Å². The van der Waals surface area contributed by atoms with Gasteiger partial charge in [-0.1, -0.05) is 189 Å². The monoisotopic (exact) mass is 869 g/mol. The molecule has 0 bridgehead atoms. The zero-order valence-corrected chi connectivity index (χ0v) is 36.2. The number of hydrogen-bond donors (Lipinski definition) is 0. The number of carbonyl (C=O) groups is 1. The maximum atomic E-state index is 9.98. The summed E-state index contributed by atoms with van der Waals surface area (Å²) >= 11 is 0. The Morgan fingerprint density at radius 2 is 0.651 bits per heavy atom. The molecule has 0 atom stereocenters. The smallest absolute Gasteiger partial charge is 0.876 e. The van der Waals surface area contributed by atoms with Crippen LogP contribution in [-0.4, -0.2) is 42.0 Å². The molecule has 1 radical (unpaired) electrons. The van der Waals surface area contributed by atoms with Crippen LogP contribution in [-0.2, 0) is 21.6 Å². The summed E-state index contributed by atoms with van der Waals surface area (Å²) in [7, 11) is -1.72. The molecule has 0 aliphatic carbocycles. The molecule has 8 nitrogen and oxygen atoms in total. The molecule has 10 heteroatoms. The first-order valence-corrected chi connectivity index (χ1v) is 20.9. The Kier molecular flexibility index (Phi) is 14.6. The fourth-order valence-corrected chi connectivity index (χ4v) is 8.27. The summed E-state index contributed by atoms with van der Waals surface area (Å²) < 4.78 is 6.21. The van der Waals surface area contributed by atoms with Crippen molar-refractivity contribution in [2.75, 3.05) is 0 Å². The van der Waals surface area contributed by atoms with E-state index in [-0.39, 0.29) is 46.1 Å². The van der Waals surface area contributed by atoms with Gasteiger partial charge in [0.15, 0.2) is 5.78 Å². The zero-order valence-electron chi connectivity index (χ0n) is 35.1. The largest absolute Gasteiger partial charge is 2.00 e. The quantitative estimate of drug-likeness (QED) is 0.0655. The third kappa shape index (κ3) is 10.6. The Morgan fingerprint density at radius 1 is 0.429 bits per heavy atom. The van der Waals surface area contributed by atoms with Gasteiger partial charge < -0.3 is 18.9 Å². The summed E-state index contributed by atoms with van der Waals surface area (Å²) in [5.41, 5.74) is 10.0. The molecule has 313 valence electrons. The van der Waals surface area contributed by atoms with Crippen molar-refractivity contribution in [1.82, 2.24) is 29.1 Å². The van der Waals surface area contributed by atoms with Crippen molar-refractivity contribution in [2.24, 2.45) is 0 Å². The van der Waals surface area contributed by atoms with Crippen molar-refractivity contribution in [3.8, 4) is 0 Å². The minimum atomic E-state index is -1.72. The maximum Gasteiger partial charge on any atom is 2.00 e. The van der Waals surface area contributed by atoms with Gasteiger partial charge in [-0.05, 0) is 83.2 Å². The first-order valence-electron chi connectivity index (χ1n) is 20.9. The van der Waals surface area contributed by atoms with E-state index in [1.807, 2.05) is 0 Å². The average molecular weight is 870 g/mol. The van der Waals surface area contributed by atoms with Gasteiger partial charge >= 0.3 is 23.9 Å². The first-order chi connectivity index (χ1) is 30.4. The van der Waals surface area contributed by atoms with Crippen LogP contribution in [0.4, 0.5) is 0 Å². The van der Waals surface area contributed by atoms with Crippen LogP contribution in [0.15, 0.2) is 231 Å². The van der Waals surface area contributed by atoms with Crippen LogP contribution >= 0.6 is 0 Å². The van der Waals surface area contributed by atoms with Crippen LogP contribution in [0, 0.1) is 0 Å². The Bertz CT molecular complexity index is 2400. The summed E-state index contributed by atoms with van der Waals surface area (Å²) in [6, 6.07) is 70.1. The van der Waals surface area contributed by atoms with E-state index in [1.54, 1.807) is 0 Å². The predicted molar refractivity (Wildman–Crippen MR) is 246 cm³/mol. The molecule has 0 amide bonds. The minimum Gasteiger partial charge on any atom is -0.876 e. The van der Waals surface area contributed by atoms with Crippen LogP contribution < -0.4 is 5.11 Å². The van der Waals surface area contributed by atoms with Crippen LogP contribution in [0.25, 0.3) is 0 Å². The van der Waals surface area contributed by atoms with Gasteiger partial charge in [-0.2, -0.15) is 0 Å². The van der Waals surface area contributed by atoms with Crippen molar-refractivity contribution in [1.29, 1.82) is 0 Å². The van der Waals surface area contributed by atoms with Crippen molar-refractivity contribution in [2.45, 2.75) is 31.6 Å². The van der Waals surface area contributed by atoms with E-state index in [0.717, 1.165) is 23.2 Å². The second kappa shape index (κ2) is 21.0.